The minimum Gasteiger partial charge on any atom is -0.399 e. The number of nitrogen functional groups attached to an aromatic ring is 1. The third-order valence-corrected chi connectivity index (χ3v) is 3.31. The maximum absolute atomic E-state index is 13.5. The first-order valence-corrected chi connectivity index (χ1v) is 6.54. The van der Waals surface area contributed by atoms with E-state index in [9.17, 15) is 4.39 Å². The Morgan fingerprint density at radius 1 is 1.19 bits per heavy atom. The highest BCUT2D eigenvalue weighted by Crippen LogP contribution is 2.24. The Bertz CT molecular complexity index is 795. The van der Waals surface area contributed by atoms with Gasteiger partial charge in [0.05, 0.1) is 5.69 Å². The van der Waals surface area contributed by atoms with Crippen molar-refractivity contribution in [2.75, 3.05) is 5.73 Å². The summed E-state index contributed by atoms with van der Waals surface area (Å²) in [4.78, 5) is 0. The second-order valence-corrected chi connectivity index (χ2v) is 5.05. The monoisotopic (exact) mass is 303 g/mol. The first kappa shape index (κ1) is 13.5. The first-order chi connectivity index (χ1) is 10.0. The Labute approximate surface area is 125 Å². The average Bonchev–Trinajstić information content (AvgIpc) is 2.90. The van der Waals surface area contributed by atoms with Crippen LogP contribution in [0, 0.1) is 12.7 Å². The predicted octanol–water partition coefficient (Wildman–Crippen LogP) is 3.01. The van der Waals surface area contributed by atoms with E-state index in [0.717, 1.165) is 11.1 Å². The van der Waals surface area contributed by atoms with Crippen LogP contribution in [0.3, 0.4) is 0 Å². The lowest BCUT2D eigenvalue weighted by atomic mass is 10.1. The molecule has 2 aromatic carbocycles. The Balaban J connectivity index is 2.14. The fourth-order valence-electron chi connectivity index (χ4n) is 2.02. The van der Waals surface area contributed by atoms with E-state index in [4.69, 9.17) is 17.3 Å². The van der Waals surface area contributed by atoms with Gasteiger partial charge < -0.3 is 5.73 Å². The largest absolute Gasteiger partial charge is 0.399 e. The molecule has 7 heteroatoms. The number of rotatable bonds is 2. The Morgan fingerprint density at radius 2 is 2.00 bits per heavy atom. The third kappa shape index (κ3) is 2.57. The zero-order valence-corrected chi connectivity index (χ0v) is 11.8. The molecule has 106 valence electrons. The molecule has 1 heterocycles. The molecule has 0 saturated heterocycles. The van der Waals surface area contributed by atoms with Crippen molar-refractivity contribution >= 4 is 17.3 Å². The molecule has 0 radical (unpaired) electrons. The van der Waals surface area contributed by atoms with E-state index >= 15 is 0 Å². The first-order valence-electron chi connectivity index (χ1n) is 6.16. The van der Waals surface area contributed by atoms with Gasteiger partial charge in [0, 0.05) is 16.3 Å². The van der Waals surface area contributed by atoms with Gasteiger partial charge in [-0.25, -0.2) is 4.39 Å². The quantitative estimate of drug-likeness (QED) is 0.739. The molecule has 0 amide bonds. The number of anilines is 1. The molecule has 2 N–H and O–H groups in total. The van der Waals surface area contributed by atoms with Crippen molar-refractivity contribution < 1.29 is 4.39 Å². The highest BCUT2D eigenvalue weighted by Gasteiger charge is 2.13. The fraction of sp³-hybridized carbons (Fsp3) is 0.0714. The molecular formula is C14H11ClFN5. The van der Waals surface area contributed by atoms with Crippen LogP contribution in [0.5, 0.6) is 0 Å². The maximum Gasteiger partial charge on any atom is 0.187 e. The van der Waals surface area contributed by atoms with Crippen molar-refractivity contribution in [3.63, 3.8) is 0 Å². The van der Waals surface area contributed by atoms with Gasteiger partial charge in [0.1, 0.15) is 5.82 Å². The molecule has 0 unspecified atom stereocenters. The summed E-state index contributed by atoms with van der Waals surface area (Å²) in [6.45, 7) is 1.89. The highest BCUT2D eigenvalue weighted by molar-refractivity contribution is 6.30. The second kappa shape index (κ2) is 5.14. The summed E-state index contributed by atoms with van der Waals surface area (Å²) < 4.78 is 14.9. The number of tetrazole rings is 1. The van der Waals surface area contributed by atoms with Crippen LogP contribution in [0.25, 0.3) is 17.1 Å². The fourth-order valence-corrected chi connectivity index (χ4v) is 2.23. The lowest BCUT2D eigenvalue weighted by Crippen LogP contribution is -2.01. The number of nitrogens with zero attached hydrogens (tertiary/aromatic N) is 4. The number of hydrogen-bond donors (Lipinski definition) is 1. The summed E-state index contributed by atoms with van der Waals surface area (Å²) in [6, 6.07) is 9.60. The molecule has 3 rings (SSSR count). The minimum atomic E-state index is -0.451. The van der Waals surface area contributed by atoms with E-state index in [-0.39, 0.29) is 5.02 Å². The molecule has 21 heavy (non-hydrogen) atoms. The Kier molecular flexibility index (Phi) is 3.31. The van der Waals surface area contributed by atoms with Gasteiger partial charge >= 0.3 is 0 Å². The van der Waals surface area contributed by atoms with Crippen LogP contribution in [-0.2, 0) is 0 Å². The molecule has 0 atom stereocenters. The number of aromatic nitrogens is 4. The molecule has 0 spiro atoms. The normalized spacial score (nSPS) is 10.8. The van der Waals surface area contributed by atoms with E-state index in [1.165, 1.54) is 16.8 Å². The number of aryl methyl sites for hydroxylation is 1. The van der Waals surface area contributed by atoms with E-state index in [1.807, 2.05) is 19.1 Å². The number of nitrogens with two attached hydrogens (primary N) is 1. The molecule has 5 nitrogen and oxygen atoms in total. The Hall–Kier alpha value is -2.47. The molecule has 1 aromatic heterocycles. The van der Waals surface area contributed by atoms with E-state index in [0.29, 0.717) is 17.2 Å². The third-order valence-electron chi connectivity index (χ3n) is 3.09. The molecule has 0 aliphatic rings. The van der Waals surface area contributed by atoms with Gasteiger partial charge in [-0.3, -0.25) is 0 Å². The summed E-state index contributed by atoms with van der Waals surface area (Å²) >= 11 is 5.87. The van der Waals surface area contributed by atoms with Crippen molar-refractivity contribution in [1.82, 2.24) is 20.2 Å². The van der Waals surface area contributed by atoms with Gasteiger partial charge in [-0.1, -0.05) is 11.6 Å². The van der Waals surface area contributed by atoms with Gasteiger partial charge in [-0.2, -0.15) is 4.68 Å². The average molecular weight is 304 g/mol. The Morgan fingerprint density at radius 3 is 2.71 bits per heavy atom. The second-order valence-electron chi connectivity index (χ2n) is 4.61. The van der Waals surface area contributed by atoms with Crippen LogP contribution in [0.15, 0.2) is 36.4 Å². The zero-order chi connectivity index (χ0) is 15.0. The summed E-state index contributed by atoms with van der Waals surface area (Å²) in [7, 11) is 0. The summed E-state index contributed by atoms with van der Waals surface area (Å²) in [5, 5.41) is 11.8. The van der Waals surface area contributed by atoms with Crippen molar-refractivity contribution in [1.29, 1.82) is 0 Å². The highest BCUT2D eigenvalue weighted by atomic mass is 35.5. The van der Waals surface area contributed by atoms with Crippen molar-refractivity contribution in [3.8, 4) is 17.1 Å². The molecule has 0 aliphatic carbocycles. The van der Waals surface area contributed by atoms with Crippen LogP contribution in [0.4, 0.5) is 10.1 Å². The standard InChI is InChI=1S/C14H11ClFN5/c1-8-4-9(2-3-13(8)17)14-18-19-20-21(14)12-6-10(15)5-11(16)7-12/h2-7H,17H2,1H3. The van der Waals surface area contributed by atoms with Gasteiger partial charge in [-0.15, -0.1) is 5.10 Å². The smallest absolute Gasteiger partial charge is 0.187 e. The summed E-state index contributed by atoms with van der Waals surface area (Å²) in [6.07, 6.45) is 0. The van der Waals surface area contributed by atoms with Gasteiger partial charge in [0.2, 0.25) is 0 Å². The molecule has 0 aliphatic heterocycles. The van der Waals surface area contributed by atoms with E-state index in [2.05, 4.69) is 15.5 Å². The lowest BCUT2D eigenvalue weighted by Gasteiger charge is -2.07. The zero-order valence-electron chi connectivity index (χ0n) is 11.1. The summed E-state index contributed by atoms with van der Waals surface area (Å²) in [5.41, 5.74) is 8.65. The maximum atomic E-state index is 13.5. The van der Waals surface area contributed by atoms with Gasteiger partial charge in [0.25, 0.3) is 0 Å². The van der Waals surface area contributed by atoms with E-state index in [1.54, 1.807) is 12.1 Å². The van der Waals surface area contributed by atoms with Gasteiger partial charge in [-0.05, 0) is 59.3 Å². The van der Waals surface area contributed by atoms with Crippen LogP contribution in [0.2, 0.25) is 5.02 Å². The number of hydrogen-bond acceptors (Lipinski definition) is 4. The molecule has 0 fully saturated rings. The van der Waals surface area contributed by atoms with Crippen molar-refractivity contribution in [2.45, 2.75) is 6.92 Å². The molecular weight excluding hydrogens is 293 g/mol. The number of benzene rings is 2. The van der Waals surface area contributed by atoms with Crippen LogP contribution < -0.4 is 5.73 Å². The van der Waals surface area contributed by atoms with Crippen molar-refractivity contribution in [3.05, 3.63) is 52.8 Å². The molecule has 0 saturated carbocycles. The molecule has 0 bridgehead atoms. The summed E-state index contributed by atoms with van der Waals surface area (Å²) in [5.74, 6) is 0.0344. The number of halogens is 2. The van der Waals surface area contributed by atoms with E-state index < -0.39 is 5.82 Å². The minimum absolute atomic E-state index is 0.278. The lowest BCUT2D eigenvalue weighted by molar-refractivity contribution is 0.625. The van der Waals surface area contributed by atoms with Crippen LogP contribution in [-0.4, -0.2) is 20.2 Å². The van der Waals surface area contributed by atoms with Gasteiger partial charge in [0.15, 0.2) is 5.82 Å². The van der Waals surface area contributed by atoms with Crippen LogP contribution in [0.1, 0.15) is 5.56 Å². The van der Waals surface area contributed by atoms with Crippen LogP contribution >= 0.6 is 11.6 Å². The molecule has 3 aromatic rings. The SMILES string of the molecule is Cc1cc(-c2nnnn2-c2cc(F)cc(Cl)c2)ccc1N. The predicted molar refractivity (Wildman–Crippen MR) is 78.7 cm³/mol. The topological polar surface area (TPSA) is 69.6 Å². The van der Waals surface area contributed by atoms with Crippen molar-refractivity contribution in [2.24, 2.45) is 0 Å².